The van der Waals surface area contributed by atoms with Crippen LogP contribution in [-0.4, -0.2) is 34.5 Å². The second-order valence-electron chi connectivity index (χ2n) is 4.43. The maximum absolute atomic E-state index is 12.0. The van der Waals surface area contributed by atoms with Gasteiger partial charge in [0, 0.05) is 12.6 Å². The maximum Gasteiger partial charge on any atom is 0.318 e. The van der Waals surface area contributed by atoms with E-state index in [2.05, 4.69) is 0 Å². The topological polar surface area (TPSA) is 81.4 Å². The number of aliphatic carboxylic acids is 1. The lowest BCUT2D eigenvalue weighted by Gasteiger charge is -2.31. The van der Waals surface area contributed by atoms with Gasteiger partial charge in [0.25, 0.3) is 0 Å². The zero-order valence-electron chi connectivity index (χ0n) is 10.1. The van der Waals surface area contributed by atoms with Gasteiger partial charge in [-0.15, -0.1) is 0 Å². The number of carboxylic acid groups (broad SMARTS) is 1. The van der Waals surface area contributed by atoms with Crippen LogP contribution in [0.3, 0.4) is 0 Å². The first-order valence-electron chi connectivity index (χ1n) is 5.16. The van der Waals surface area contributed by atoms with Crippen LogP contribution in [0, 0.1) is 16.7 Å². The molecule has 0 unspecified atom stereocenters. The Morgan fingerprint density at radius 3 is 2.25 bits per heavy atom. The number of rotatable bonds is 5. The molecule has 0 saturated carbocycles. The molecule has 0 aliphatic heterocycles. The van der Waals surface area contributed by atoms with E-state index in [1.54, 1.807) is 13.8 Å². The molecule has 1 amide bonds. The van der Waals surface area contributed by atoms with Crippen molar-refractivity contribution in [1.82, 2.24) is 4.90 Å². The van der Waals surface area contributed by atoms with Gasteiger partial charge in [0.2, 0.25) is 5.91 Å². The van der Waals surface area contributed by atoms with Crippen molar-refractivity contribution >= 4 is 11.9 Å². The van der Waals surface area contributed by atoms with E-state index in [0.717, 1.165) is 0 Å². The van der Waals surface area contributed by atoms with Crippen molar-refractivity contribution in [1.29, 1.82) is 5.26 Å². The monoisotopic (exact) mass is 226 g/mol. The Morgan fingerprint density at radius 1 is 1.44 bits per heavy atom. The van der Waals surface area contributed by atoms with Gasteiger partial charge in [-0.2, -0.15) is 5.26 Å². The average Bonchev–Trinajstić information content (AvgIpc) is 2.17. The number of nitrogens with zero attached hydrogens (tertiary/aromatic N) is 2. The Bertz CT molecular complexity index is 316. The van der Waals surface area contributed by atoms with Crippen LogP contribution in [0.4, 0.5) is 0 Å². The minimum atomic E-state index is -1.44. The highest BCUT2D eigenvalue weighted by atomic mass is 16.4. The molecule has 0 atom stereocenters. The van der Waals surface area contributed by atoms with E-state index in [4.69, 9.17) is 10.4 Å². The lowest BCUT2D eigenvalue weighted by molar-refractivity contribution is -0.159. The summed E-state index contributed by atoms with van der Waals surface area (Å²) >= 11 is 0. The first-order chi connectivity index (χ1) is 7.25. The van der Waals surface area contributed by atoms with E-state index >= 15 is 0 Å². The summed E-state index contributed by atoms with van der Waals surface area (Å²) in [5.74, 6) is -1.61. The number of nitriles is 1. The first-order valence-corrected chi connectivity index (χ1v) is 5.16. The number of carbonyl (C=O) groups excluding carboxylic acids is 1. The van der Waals surface area contributed by atoms with Gasteiger partial charge in [-0.25, -0.2) is 0 Å². The molecule has 0 aromatic carbocycles. The Morgan fingerprint density at radius 2 is 1.94 bits per heavy atom. The second-order valence-corrected chi connectivity index (χ2v) is 4.43. The first kappa shape index (κ1) is 14.4. The summed E-state index contributed by atoms with van der Waals surface area (Å²) in [4.78, 5) is 24.4. The fourth-order valence-electron chi connectivity index (χ4n) is 1.22. The predicted molar refractivity (Wildman–Crippen MR) is 58.5 cm³/mol. The molecular formula is C11H18N2O3. The normalized spacial score (nSPS) is 11.0. The summed E-state index contributed by atoms with van der Waals surface area (Å²) < 4.78 is 0. The summed E-state index contributed by atoms with van der Waals surface area (Å²) in [6, 6.07) is 1.84. The van der Waals surface area contributed by atoms with E-state index in [0.29, 0.717) is 0 Å². The van der Waals surface area contributed by atoms with Crippen LogP contribution in [0.1, 0.15) is 34.1 Å². The molecule has 0 aliphatic carbocycles. The molecule has 0 aromatic heterocycles. The van der Waals surface area contributed by atoms with Gasteiger partial charge in [-0.1, -0.05) is 0 Å². The molecule has 90 valence electrons. The molecule has 1 N–H and O–H groups in total. The highest BCUT2D eigenvalue weighted by molar-refractivity contribution is 6.01. The summed E-state index contributed by atoms with van der Waals surface area (Å²) in [6.45, 7) is 6.61. The quantitative estimate of drug-likeness (QED) is 0.715. The van der Waals surface area contributed by atoms with Gasteiger partial charge >= 0.3 is 5.97 Å². The fraction of sp³-hybridized carbons (Fsp3) is 0.727. The molecule has 0 rings (SSSR count). The van der Waals surface area contributed by atoms with Gasteiger partial charge in [0.05, 0.1) is 12.5 Å². The fourth-order valence-corrected chi connectivity index (χ4v) is 1.22. The van der Waals surface area contributed by atoms with Crippen LogP contribution in [0.5, 0.6) is 0 Å². The van der Waals surface area contributed by atoms with Crippen molar-refractivity contribution in [3.05, 3.63) is 0 Å². The molecule has 0 spiro atoms. The number of carbonyl (C=O) groups is 2. The summed E-state index contributed by atoms with van der Waals surface area (Å²) in [6.07, 6.45) is 0.208. The van der Waals surface area contributed by atoms with Crippen molar-refractivity contribution in [2.24, 2.45) is 5.41 Å². The highest BCUT2D eigenvalue weighted by Gasteiger charge is 2.39. The summed E-state index contributed by atoms with van der Waals surface area (Å²) in [5, 5.41) is 17.4. The van der Waals surface area contributed by atoms with Gasteiger partial charge in [0.15, 0.2) is 0 Å². The zero-order valence-corrected chi connectivity index (χ0v) is 10.1. The second kappa shape index (κ2) is 5.50. The number of hydrogen-bond acceptors (Lipinski definition) is 3. The van der Waals surface area contributed by atoms with Gasteiger partial charge < -0.3 is 10.0 Å². The molecule has 0 fully saturated rings. The van der Waals surface area contributed by atoms with Gasteiger partial charge in [0.1, 0.15) is 5.41 Å². The smallest absolute Gasteiger partial charge is 0.318 e. The van der Waals surface area contributed by atoms with Crippen LogP contribution >= 0.6 is 0 Å². The molecule has 0 heterocycles. The lowest BCUT2D eigenvalue weighted by Crippen LogP contribution is -2.48. The SMILES string of the molecule is CC(C)N(CCC#N)C(=O)C(C)(C)C(=O)O. The van der Waals surface area contributed by atoms with Gasteiger partial charge in [-0.05, 0) is 27.7 Å². The molecule has 5 nitrogen and oxygen atoms in total. The lowest BCUT2D eigenvalue weighted by atomic mass is 9.91. The molecule has 5 heteroatoms. The van der Waals surface area contributed by atoms with Crippen molar-refractivity contribution in [2.45, 2.75) is 40.2 Å². The van der Waals surface area contributed by atoms with Crippen molar-refractivity contribution in [3.63, 3.8) is 0 Å². The van der Waals surface area contributed by atoms with Gasteiger partial charge in [-0.3, -0.25) is 9.59 Å². The third kappa shape index (κ3) is 3.23. The van der Waals surface area contributed by atoms with E-state index < -0.39 is 17.3 Å². The summed E-state index contributed by atoms with van der Waals surface area (Å²) in [7, 11) is 0. The Kier molecular flexibility index (Phi) is 4.96. The average molecular weight is 226 g/mol. The summed E-state index contributed by atoms with van der Waals surface area (Å²) in [5.41, 5.74) is -1.44. The number of amides is 1. The maximum atomic E-state index is 12.0. The van der Waals surface area contributed by atoms with Crippen LogP contribution in [0.25, 0.3) is 0 Å². The third-order valence-corrected chi connectivity index (χ3v) is 2.42. The van der Waals surface area contributed by atoms with E-state index in [9.17, 15) is 9.59 Å². The number of hydrogen-bond donors (Lipinski definition) is 1. The Balaban J connectivity index is 4.89. The minimum Gasteiger partial charge on any atom is -0.480 e. The Labute approximate surface area is 95.7 Å². The molecule has 16 heavy (non-hydrogen) atoms. The number of carboxylic acids is 1. The molecule has 0 aliphatic rings. The van der Waals surface area contributed by atoms with E-state index in [1.807, 2.05) is 6.07 Å². The van der Waals surface area contributed by atoms with Crippen molar-refractivity contribution in [2.75, 3.05) is 6.54 Å². The molecule has 0 radical (unpaired) electrons. The zero-order chi connectivity index (χ0) is 12.9. The van der Waals surface area contributed by atoms with Crippen LogP contribution in [0.15, 0.2) is 0 Å². The minimum absolute atomic E-state index is 0.112. The predicted octanol–water partition coefficient (Wildman–Crippen LogP) is 1.25. The Hall–Kier alpha value is -1.57. The van der Waals surface area contributed by atoms with Crippen LogP contribution < -0.4 is 0 Å². The highest BCUT2D eigenvalue weighted by Crippen LogP contribution is 2.20. The van der Waals surface area contributed by atoms with Crippen molar-refractivity contribution < 1.29 is 14.7 Å². The van der Waals surface area contributed by atoms with E-state index in [1.165, 1.54) is 18.7 Å². The standard InChI is InChI=1S/C11H18N2O3/c1-8(2)13(7-5-6-12)9(14)11(3,4)10(15)16/h8H,5,7H2,1-4H3,(H,15,16). The molecule has 0 aromatic rings. The van der Waals surface area contributed by atoms with Crippen molar-refractivity contribution in [3.8, 4) is 6.07 Å². The van der Waals surface area contributed by atoms with Crippen LogP contribution in [0.2, 0.25) is 0 Å². The van der Waals surface area contributed by atoms with Crippen LogP contribution in [-0.2, 0) is 9.59 Å². The van der Waals surface area contributed by atoms with E-state index in [-0.39, 0.29) is 19.0 Å². The molecule has 0 bridgehead atoms. The molecule has 0 saturated heterocycles. The molecular weight excluding hydrogens is 208 g/mol. The third-order valence-electron chi connectivity index (χ3n) is 2.42. The largest absolute Gasteiger partial charge is 0.480 e.